The third kappa shape index (κ3) is 4.70. The van der Waals surface area contributed by atoms with Crippen molar-refractivity contribution in [3.05, 3.63) is 16.1 Å². The molecule has 0 aliphatic carbocycles. The summed E-state index contributed by atoms with van der Waals surface area (Å²) in [6, 6.07) is 0. The highest BCUT2D eigenvalue weighted by Crippen LogP contribution is 2.20. The highest BCUT2D eigenvalue weighted by molar-refractivity contribution is 7.11. The van der Waals surface area contributed by atoms with Crippen LogP contribution in [0.3, 0.4) is 0 Å². The minimum Gasteiger partial charge on any atom is -0.476 e. The number of nitrogens with zero attached hydrogens (tertiary/aromatic N) is 1. The Labute approximate surface area is 104 Å². The molecule has 9 heteroatoms. The molecular weight excluding hydrogens is 273 g/mol. The van der Waals surface area contributed by atoms with Gasteiger partial charge in [0.15, 0.2) is 0 Å². The average molecular weight is 282 g/mol. The summed E-state index contributed by atoms with van der Waals surface area (Å²) in [5.41, 5.74) is -0.107. The summed E-state index contributed by atoms with van der Waals surface area (Å²) < 4.78 is 35.4. The molecule has 1 aromatic heterocycles. The smallest absolute Gasteiger partial charge is 0.389 e. The minimum absolute atomic E-state index is 0.107. The summed E-state index contributed by atoms with van der Waals surface area (Å²) in [5, 5.41) is 11.8. The normalized spacial score (nSPS) is 11.3. The van der Waals surface area contributed by atoms with Gasteiger partial charge in [-0.15, -0.1) is 11.3 Å². The van der Waals surface area contributed by atoms with Gasteiger partial charge >= 0.3 is 12.1 Å². The lowest BCUT2D eigenvalue weighted by Crippen LogP contribution is -2.26. The maximum Gasteiger partial charge on any atom is 0.389 e. The molecule has 0 aliphatic heterocycles. The maximum absolute atomic E-state index is 11.8. The Balaban J connectivity index is 2.39. The van der Waals surface area contributed by atoms with E-state index in [0.717, 1.165) is 11.3 Å². The van der Waals surface area contributed by atoms with E-state index in [0.29, 0.717) is 0 Å². The summed E-state index contributed by atoms with van der Waals surface area (Å²) >= 11 is 0.778. The van der Waals surface area contributed by atoms with Crippen LogP contribution < -0.4 is 5.32 Å². The summed E-state index contributed by atoms with van der Waals surface area (Å²) in [6.45, 7) is -0.141. The van der Waals surface area contributed by atoms with Crippen LogP contribution in [0.4, 0.5) is 13.2 Å². The number of hydrogen-bond acceptors (Lipinski definition) is 4. The molecule has 0 radical (unpaired) electrons. The monoisotopic (exact) mass is 282 g/mol. The largest absolute Gasteiger partial charge is 0.476 e. The predicted molar refractivity (Wildman–Crippen MR) is 56.7 cm³/mol. The van der Waals surface area contributed by atoms with Crippen LogP contribution in [0.5, 0.6) is 0 Å². The van der Waals surface area contributed by atoms with Crippen molar-refractivity contribution in [2.24, 2.45) is 0 Å². The molecule has 5 nitrogen and oxygen atoms in total. The molecule has 0 saturated heterocycles. The standard InChI is InChI=1S/C9H9F3N2O3S/c10-9(11,12)2-1-3-13-6(15)5-4-18-7(14-5)8(16)17/h4H,1-3H2,(H,13,15)(H,16,17). The van der Waals surface area contributed by atoms with Crippen molar-refractivity contribution < 1.29 is 27.9 Å². The van der Waals surface area contributed by atoms with Gasteiger partial charge in [0.2, 0.25) is 5.01 Å². The minimum atomic E-state index is -4.25. The average Bonchev–Trinajstić information content (AvgIpc) is 2.72. The van der Waals surface area contributed by atoms with E-state index < -0.39 is 24.5 Å². The number of carbonyl (C=O) groups is 2. The number of carbonyl (C=O) groups excluding carboxylic acids is 1. The number of hydrogen-bond donors (Lipinski definition) is 2. The van der Waals surface area contributed by atoms with Crippen molar-refractivity contribution in [3.8, 4) is 0 Å². The Morgan fingerprint density at radius 3 is 2.61 bits per heavy atom. The molecule has 1 amide bonds. The van der Waals surface area contributed by atoms with E-state index in [1.165, 1.54) is 5.38 Å². The molecule has 0 atom stereocenters. The first-order valence-electron chi connectivity index (χ1n) is 4.83. The van der Waals surface area contributed by atoms with E-state index >= 15 is 0 Å². The number of carboxylic acids is 1. The molecule has 0 aromatic carbocycles. The van der Waals surface area contributed by atoms with Crippen molar-refractivity contribution in [1.82, 2.24) is 10.3 Å². The zero-order valence-corrected chi connectivity index (χ0v) is 9.77. The molecular formula is C9H9F3N2O3S. The third-order valence-corrected chi connectivity index (χ3v) is 2.67. The summed E-state index contributed by atoms with van der Waals surface area (Å²) in [5.74, 6) is -1.93. The second-order valence-electron chi connectivity index (χ2n) is 3.32. The van der Waals surface area contributed by atoms with Gasteiger partial charge in [-0.05, 0) is 6.42 Å². The molecule has 0 bridgehead atoms. The Kier molecular flexibility index (Phi) is 4.65. The van der Waals surface area contributed by atoms with Gasteiger partial charge in [0.25, 0.3) is 5.91 Å². The lowest BCUT2D eigenvalue weighted by molar-refractivity contribution is -0.135. The first kappa shape index (κ1) is 14.4. The number of aromatic nitrogens is 1. The molecule has 0 spiro atoms. The van der Waals surface area contributed by atoms with E-state index in [9.17, 15) is 22.8 Å². The van der Waals surface area contributed by atoms with Crippen LogP contribution in [-0.2, 0) is 0 Å². The maximum atomic E-state index is 11.8. The predicted octanol–water partition coefficient (Wildman–Crippen LogP) is 1.91. The first-order chi connectivity index (χ1) is 8.29. The van der Waals surface area contributed by atoms with Crippen molar-refractivity contribution >= 4 is 23.2 Å². The molecule has 0 aliphatic rings. The van der Waals surface area contributed by atoms with Crippen LogP contribution in [0.25, 0.3) is 0 Å². The number of thiazole rings is 1. The lowest BCUT2D eigenvalue weighted by atomic mass is 10.3. The molecule has 0 fully saturated rings. The SMILES string of the molecule is O=C(NCCCC(F)(F)F)c1csc(C(=O)O)n1. The quantitative estimate of drug-likeness (QED) is 0.808. The van der Waals surface area contributed by atoms with Gasteiger partial charge in [0.1, 0.15) is 5.69 Å². The molecule has 100 valence electrons. The Morgan fingerprint density at radius 1 is 1.44 bits per heavy atom. The topological polar surface area (TPSA) is 79.3 Å². The van der Waals surface area contributed by atoms with Gasteiger partial charge < -0.3 is 10.4 Å². The van der Waals surface area contributed by atoms with E-state index in [4.69, 9.17) is 5.11 Å². The number of amides is 1. The summed E-state index contributed by atoms with van der Waals surface area (Å²) in [6.07, 6.45) is -5.46. The van der Waals surface area contributed by atoms with E-state index in [2.05, 4.69) is 10.3 Å². The van der Waals surface area contributed by atoms with Crippen LogP contribution in [-0.4, -0.2) is 34.7 Å². The van der Waals surface area contributed by atoms with Crippen LogP contribution in [0.2, 0.25) is 0 Å². The van der Waals surface area contributed by atoms with E-state index in [1.807, 2.05) is 0 Å². The number of aromatic carboxylic acids is 1. The van der Waals surface area contributed by atoms with E-state index in [1.54, 1.807) is 0 Å². The van der Waals surface area contributed by atoms with Gasteiger partial charge in [-0.25, -0.2) is 9.78 Å². The number of rotatable bonds is 5. The molecule has 18 heavy (non-hydrogen) atoms. The van der Waals surface area contributed by atoms with E-state index in [-0.39, 0.29) is 23.7 Å². The van der Waals surface area contributed by atoms with Crippen molar-refractivity contribution in [3.63, 3.8) is 0 Å². The fourth-order valence-corrected chi connectivity index (χ4v) is 1.69. The summed E-state index contributed by atoms with van der Waals surface area (Å²) in [7, 11) is 0. The van der Waals surface area contributed by atoms with Crippen molar-refractivity contribution in [1.29, 1.82) is 0 Å². The number of carboxylic acid groups (broad SMARTS) is 1. The van der Waals surface area contributed by atoms with Gasteiger partial charge in [-0.2, -0.15) is 13.2 Å². The van der Waals surface area contributed by atoms with Gasteiger partial charge in [0, 0.05) is 18.3 Å². The highest BCUT2D eigenvalue weighted by atomic mass is 32.1. The first-order valence-corrected chi connectivity index (χ1v) is 5.71. The third-order valence-electron chi connectivity index (χ3n) is 1.84. The fourth-order valence-electron chi connectivity index (χ4n) is 1.06. The molecule has 0 unspecified atom stereocenters. The van der Waals surface area contributed by atoms with Gasteiger partial charge in [-0.3, -0.25) is 4.79 Å². The van der Waals surface area contributed by atoms with Crippen molar-refractivity contribution in [2.45, 2.75) is 19.0 Å². The zero-order valence-electron chi connectivity index (χ0n) is 8.95. The molecule has 0 saturated carbocycles. The van der Waals surface area contributed by atoms with Crippen LogP contribution in [0.15, 0.2) is 5.38 Å². The highest BCUT2D eigenvalue weighted by Gasteiger charge is 2.26. The van der Waals surface area contributed by atoms with Crippen LogP contribution in [0.1, 0.15) is 33.1 Å². The molecule has 1 heterocycles. The molecule has 2 N–H and O–H groups in total. The molecule has 1 rings (SSSR count). The number of alkyl halides is 3. The number of nitrogens with one attached hydrogen (secondary N) is 1. The molecule has 1 aromatic rings. The lowest BCUT2D eigenvalue weighted by Gasteiger charge is -2.06. The Bertz CT molecular complexity index is 445. The second kappa shape index (κ2) is 5.80. The Morgan fingerprint density at radius 2 is 2.11 bits per heavy atom. The van der Waals surface area contributed by atoms with Gasteiger partial charge in [-0.1, -0.05) is 0 Å². The summed E-state index contributed by atoms with van der Waals surface area (Å²) in [4.78, 5) is 25.4. The van der Waals surface area contributed by atoms with Crippen LogP contribution in [0, 0.1) is 0 Å². The second-order valence-corrected chi connectivity index (χ2v) is 4.18. The zero-order chi connectivity index (χ0) is 13.8. The fraction of sp³-hybridized carbons (Fsp3) is 0.444. The Hall–Kier alpha value is -1.64. The van der Waals surface area contributed by atoms with Crippen molar-refractivity contribution in [2.75, 3.05) is 6.54 Å². The number of halogens is 3. The van der Waals surface area contributed by atoms with Gasteiger partial charge in [0.05, 0.1) is 0 Å². The van der Waals surface area contributed by atoms with Crippen LogP contribution >= 0.6 is 11.3 Å².